The van der Waals surface area contributed by atoms with E-state index in [0.717, 1.165) is 19.4 Å². The molecule has 3 nitrogen and oxygen atoms in total. The minimum absolute atomic E-state index is 0.210. The second-order valence-corrected chi connectivity index (χ2v) is 5.02. The van der Waals surface area contributed by atoms with Crippen molar-refractivity contribution >= 4 is 5.91 Å². The number of likely N-dealkylation sites (tertiary alicyclic amines) is 1. The molecule has 1 aromatic carbocycles. The lowest BCUT2D eigenvalue weighted by Crippen LogP contribution is -2.52. The van der Waals surface area contributed by atoms with Crippen molar-refractivity contribution in [3.05, 3.63) is 35.9 Å². The van der Waals surface area contributed by atoms with Crippen molar-refractivity contribution < 1.29 is 4.79 Å². The normalized spacial score (nSPS) is 26.9. The number of rotatable bonds is 3. The van der Waals surface area contributed by atoms with Gasteiger partial charge in [-0.05, 0) is 38.8 Å². The third-order valence-corrected chi connectivity index (χ3v) is 3.98. The summed E-state index contributed by atoms with van der Waals surface area (Å²) in [5.41, 5.74) is 6.30. The van der Waals surface area contributed by atoms with Gasteiger partial charge >= 0.3 is 0 Å². The third kappa shape index (κ3) is 2.07. The molecule has 0 aliphatic carbocycles. The maximum atomic E-state index is 11.7. The lowest BCUT2D eigenvalue weighted by atomic mass is 9.95. The summed E-state index contributed by atoms with van der Waals surface area (Å²) in [7, 11) is 0. The Hall–Kier alpha value is -1.35. The summed E-state index contributed by atoms with van der Waals surface area (Å²) in [6, 6.07) is 10.5. The average molecular weight is 232 g/mol. The topological polar surface area (TPSA) is 46.3 Å². The van der Waals surface area contributed by atoms with Gasteiger partial charge in [-0.25, -0.2) is 0 Å². The van der Waals surface area contributed by atoms with Crippen molar-refractivity contribution in [2.45, 2.75) is 38.3 Å². The van der Waals surface area contributed by atoms with Crippen LogP contribution in [0.1, 0.15) is 38.3 Å². The van der Waals surface area contributed by atoms with Crippen LogP contribution < -0.4 is 5.73 Å². The summed E-state index contributed by atoms with van der Waals surface area (Å²) in [5.74, 6) is -0.210. The van der Waals surface area contributed by atoms with Crippen LogP contribution in [0.25, 0.3) is 0 Å². The molecule has 1 heterocycles. The molecule has 1 aliphatic rings. The van der Waals surface area contributed by atoms with E-state index in [1.165, 1.54) is 5.56 Å². The number of amides is 1. The average Bonchev–Trinajstić information content (AvgIpc) is 2.73. The lowest BCUT2D eigenvalue weighted by Gasteiger charge is -2.37. The highest BCUT2D eigenvalue weighted by Gasteiger charge is 2.43. The molecule has 1 saturated heterocycles. The zero-order valence-corrected chi connectivity index (χ0v) is 10.5. The molecule has 0 bridgehead atoms. The molecule has 1 aliphatic heterocycles. The van der Waals surface area contributed by atoms with Crippen LogP contribution in [-0.4, -0.2) is 22.9 Å². The molecule has 1 aromatic rings. The van der Waals surface area contributed by atoms with Crippen molar-refractivity contribution in [1.82, 2.24) is 4.90 Å². The van der Waals surface area contributed by atoms with Gasteiger partial charge in [-0.2, -0.15) is 0 Å². The third-order valence-electron chi connectivity index (χ3n) is 3.98. The zero-order valence-electron chi connectivity index (χ0n) is 10.5. The molecule has 2 rings (SSSR count). The number of primary amides is 1. The molecule has 0 radical (unpaired) electrons. The van der Waals surface area contributed by atoms with E-state index in [2.05, 4.69) is 24.0 Å². The van der Waals surface area contributed by atoms with E-state index < -0.39 is 5.54 Å². The molecule has 0 saturated carbocycles. The molecular weight excluding hydrogens is 212 g/mol. The first kappa shape index (κ1) is 12.1. The minimum atomic E-state index is -0.491. The van der Waals surface area contributed by atoms with E-state index in [4.69, 9.17) is 5.73 Å². The SMILES string of the molecule is C[C@@H](c1ccccc1)N1CCCC1(C)C(N)=O. The zero-order chi connectivity index (χ0) is 12.5. The molecule has 92 valence electrons. The number of nitrogens with zero attached hydrogens (tertiary/aromatic N) is 1. The number of benzene rings is 1. The highest BCUT2D eigenvalue weighted by molar-refractivity contribution is 5.84. The molecule has 1 fully saturated rings. The van der Waals surface area contributed by atoms with Gasteiger partial charge in [0.05, 0.1) is 5.54 Å². The fourth-order valence-electron chi connectivity index (χ4n) is 2.78. The summed E-state index contributed by atoms with van der Waals surface area (Å²) in [4.78, 5) is 13.9. The smallest absolute Gasteiger partial charge is 0.237 e. The van der Waals surface area contributed by atoms with Crippen LogP contribution in [0.15, 0.2) is 30.3 Å². The molecule has 17 heavy (non-hydrogen) atoms. The summed E-state index contributed by atoms with van der Waals surface area (Å²) in [5, 5.41) is 0. The summed E-state index contributed by atoms with van der Waals surface area (Å²) in [6.07, 6.45) is 1.90. The number of carbonyl (C=O) groups excluding carboxylic acids is 1. The van der Waals surface area contributed by atoms with Crippen LogP contribution in [-0.2, 0) is 4.79 Å². The minimum Gasteiger partial charge on any atom is -0.368 e. The summed E-state index contributed by atoms with van der Waals surface area (Å²) >= 11 is 0. The molecule has 1 amide bonds. The Morgan fingerprint density at radius 3 is 2.65 bits per heavy atom. The van der Waals surface area contributed by atoms with Crippen molar-refractivity contribution in [2.75, 3.05) is 6.54 Å². The van der Waals surface area contributed by atoms with Gasteiger partial charge in [0.15, 0.2) is 0 Å². The maximum absolute atomic E-state index is 11.7. The Labute approximate surface area is 103 Å². The highest BCUT2D eigenvalue weighted by atomic mass is 16.1. The first-order valence-electron chi connectivity index (χ1n) is 6.17. The monoisotopic (exact) mass is 232 g/mol. The lowest BCUT2D eigenvalue weighted by molar-refractivity contribution is -0.128. The first-order valence-corrected chi connectivity index (χ1v) is 6.17. The van der Waals surface area contributed by atoms with E-state index in [9.17, 15) is 4.79 Å². The Morgan fingerprint density at radius 1 is 1.41 bits per heavy atom. The molecule has 2 N–H and O–H groups in total. The van der Waals surface area contributed by atoms with Crippen LogP contribution in [0.4, 0.5) is 0 Å². The van der Waals surface area contributed by atoms with E-state index in [-0.39, 0.29) is 11.9 Å². The van der Waals surface area contributed by atoms with Gasteiger partial charge in [-0.15, -0.1) is 0 Å². The van der Waals surface area contributed by atoms with Crippen LogP contribution in [0, 0.1) is 0 Å². The molecule has 0 spiro atoms. The fourth-order valence-corrected chi connectivity index (χ4v) is 2.78. The molecule has 1 unspecified atom stereocenters. The van der Waals surface area contributed by atoms with E-state index in [0.29, 0.717) is 0 Å². The number of hydrogen-bond acceptors (Lipinski definition) is 2. The predicted octanol–water partition coefficient (Wildman–Crippen LogP) is 2.09. The quantitative estimate of drug-likeness (QED) is 0.867. The van der Waals surface area contributed by atoms with Gasteiger partial charge in [0.2, 0.25) is 5.91 Å². The largest absolute Gasteiger partial charge is 0.368 e. The number of nitrogens with two attached hydrogens (primary N) is 1. The van der Waals surface area contributed by atoms with Crippen LogP contribution in [0.3, 0.4) is 0 Å². The predicted molar refractivity (Wildman–Crippen MR) is 68.4 cm³/mol. The van der Waals surface area contributed by atoms with Crippen LogP contribution in [0.5, 0.6) is 0 Å². The van der Waals surface area contributed by atoms with Crippen LogP contribution >= 0.6 is 0 Å². The highest BCUT2D eigenvalue weighted by Crippen LogP contribution is 2.36. The van der Waals surface area contributed by atoms with Gasteiger partial charge in [0.25, 0.3) is 0 Å². The van der Waals surface area contributed by atoms with Gasteiger partial charge < -0.3 is 5.73 Å². The fraction of sp³-hybridized carbons (Fsp3) is 0.500. The van der Waals surface area contributed by atoms with Gasteiger partial charge in [0, 0.05) is 6.04 Å². The second kappa shape index (κ2) is 4.49. The summed E-state index contributed by atoms with van der Waals surface area (Å²) in [6.45, 7) is 5.04. The Morgan fingerprint density at radius 2 is 2.06 bits per heavy atom. The summed E-state index contributed by atoms with van der Waals surface area (Å²) < 4.78 is 0. The Bertz CT molecular complexity index is 404. The van der Waals surface area contributed by atoms with E-state index in [1.807, 2.05) is 25.1 Å². The Kier molecular flexibility index (Phi) is 3.20. The Balaban J connectivity index is 2.25. The standard InChI is InChI=1S/C14H20N2O/c1-11(12-7-4-3-5-8-12)16-10-6-9-14(16,2)13(15)17/h3-5,7-8,11H,6,9-10H2,1-2H3,(H2,15,17)/t11-,14?/m0/s1. The van der Waals surface area contributed by atoms with Crippen LogP contribution in [0.2, 0.25) is 0 Å². The van der Waals surface area contributed by atoms with E-state index in [1.54, 1.807) is 0 Å². The molecule has 0 aromatic heterocycles. The van der Waals surface area contributed by atoms with Crippen molar-refractivity contribution in [2.24, 2.45) is 5.73 Å². The number of hydrogen-bond donors (Lipinski definition) is 1. The van der Waals surface area contributed by atoms with Crippen molar-refractivity contribution in [3.63, 3.8) is 0 Å². The van der Waals surface area contributed by atoms with Gasteiger partial charge in [-0.1, -0.05) is 30.3 Å². The molecule has 3 heteroatoms. The van der Waals surface area contributed by atoms with E-state index >= 15 is 0 Å². The molecule has 2 atom stereocenters. The van der Waals surface area contributed by atoms with Crippen molar-refractivity contribution in [3.8, 4) is 0 Å². The first-order chi connectivity index (χ1) is 8.05. The van der Waals surface area contributed by atoms with Crippen molar-refractivity contribution in [1.29, 1.82) is 0 Å². The molecular formula is C14H20N2O. The maximum Gasteiger partial charge on any atom is 0.237 e. The van der Waals surface area contributed by atoms with Gasteiger partial charge in [0.1, 0.15) is 0 Å². The van der Waals surface area contributed by atoms with Gasteiger partial charge in [-0.3, -0.25) is 9.69 Å². The number of carbonyl (C=O) groups is 1. The second-order valence-electron chi connectivity index (χ2n) is 5.02.